The number of benzene rings is 1. The standard InChI is InChI=1S/C14H18N2O5S/c1-22(18,19)16(8-14(17)15-11-3-4-11)7-10-2-5-12-13(6-10)21-9-20-12/h2,5-6,11H,3-4,7-9H2,1H3,(H,15,17). The fourth-order valence-corrected chi connectivity index (χ4v) is 2.93. The summed E-state index contributed by atoms with van der Waals surface area (Å²) >= 11 is 0. The molecule has 120 valence electrons. The van der Waals surface area contributed by atoms with Gasteiger partial charge in [-0.15, -0.1) is 0 Å². The quantitative estimate of drug-likeness (QED) is 0.821. The third-order valence-electron chi connectivity index (χ3n) is 3.53. The van der Waals surface area contributed by atoms with E-state index in [2.05, 4.69) is 5.32 Å². The molecule has 1 aromatic carbocycles. The van der Waals surface area contributed by atoms with E-state index >= 15 is 0 Å². The Morgan fingerprint density at radius 2 is 2.05 bits per heavy atom. The number of carbonyl (C=O) groups is 1. The highest BCUT2D eigenvalue weighted by molar-refractivity contribution is 7.88. The first-order chi connectivity index (χ1) is 10.4. The van der Waals surface area contributed by atoms with E-state index in [1.807, 2.05) is 0 Å². The van der Waals surface area contributed by atoms with Gasteiger partial charge in [-0.05, 0) is 30.5 Å². The molecule has 1 aliphatic carbocycles. The Labute approximate surface area is 129 Å². The predicted octanol–water partition coefficient (Wildman–Crippen LogP) is 0.456. The lowest BCUT2D eigenvalue weighted by molar-refractivity contribution is -0.121. The molecule has 0 saturated heterocycles. The molecule has 0 bridgehead atoms. The Hall–Kier alpha value is -1.80. The van der Waals surface area contributed by atoms with Crippen molar-refractivity contribution in [3.05, 3.63) is 23.8 Å². The van der Waals surface area contributed by atoms with Gasteiger partial charge in [-0.1, -0.05) is 6.07 Å². The second kappa shape index (κ2) is 5.77. The summed E-state index contributed by atoms with van der Waals surface area (Å²) in [4.78, 5) is 11.9. The molecule has 1 heterocycles. The summed E-state index contributed by atoms with van der Waals surface area (Å²) in [7, 11) is -3.49. The maximum atomic E-state index is 11.9. The number of hydrogen-bond acceptors (Lipinski definition) is 5. The minimum Gasteiger partial charge on any atom is -0.454 e. The van der Waals surface area contributed by atoms with Gasteiger partial charge in [0.1, 0.15) is 0 Å². The van der Waals surface area contributed by atoms with E-state index < -0.39 is 10.0 Å². The maximum Gasteiger partial charge on any atom is 0.235 e. The molecule has 1 saturated carbocycles. The zero-order valence-electron chi connectivity index (χ0n) is 12.2. The van der Waals surface area contributed by atoms with Gasteiger partial charge in [0.2, 0.25) is 22.7 Å². The van der Waals surface area contributed by atoms with Gasteiger partial charge in [0.15, 0.2) is 11.5 Å². The lowest BCUT2D eigenvalue weighted by Crippen LogP contribution is -2.40. The van der Waals surface area contributed by atoms with Crippen molar-refractivity contribution < 1.29 is 22.7 Å². The normalized spacial score (nSPS) is 16.8. The summed E-state index contributed by atoms with van der Waals surface area (Å²) < 4.78 is 35.4. The van der Waals surface area contributed by atoms with Crippen LogP contribution in [0.3, 0.4) is 0 Å². The molecule has 0 spiro atoms. The van der Waals surface area contributed by atoms with Crippen LogP contribution in [0.25, 0.3) is 0 Å². The van der Waals surface area contributed by atoms with Crippen molar-refractivity contribution in [2.75, 3.05) is 19.6 Å². The van der Waals surface area contributed by atoms with Gasteiger partial charge in [-0.2, -0.15) is 4.31 Å². The lowest BCUT2D eigenvalue weighted by atomic mass is 10.2. The third-order valence-corrected chi connectivity index (χ3v) is 4.72. The SMILES string of the molecule is CS(=O)(=O)N(CC(=O)NC1CC1)Cc1ccc2c(c1)OCO2. The van der Waals surface area contributed by atoms with Crippen LogP contribution in [0.1, 0.15) is 18.4 Å². The van der Waals surface area contributed by atoms with Gasteiger partial charge >= 0.3 is 0 Å². The molecule has 1 aliphatic heterocycles. The molecule has 3 rings (SSSR count). The highest BCUT2D eigenvalue weighted by Crippen LogP contribution is 2.32. The molecule has 0 aromatic heterocycles. The number of fused-ring (bicyclic) bond motifs is 1. The van der Waals surface area contributed by atoms with Crippen molar-refractivity contribution >= 4 is 15.9 Å². The smallest absolute Gasteiger partial charge is 0.235 e. The van der Waals surface area contributed by atoms with Crippen molar-refractivity contribution in [2.45, 2.75) is 25.4 Å². The monoisotopic (exact) mass is 326 g/mol. The number of nitrogens with zero attached hydrogens (tertiary/aromatic N) is 1. The summed E-state index contributed by atoms with van der Waals surface area (Å²) in [5.74, 6) is 0.961. The zero-order chi connectivity index (χ0) is 15.7. The maximum absolute atomic E-state index is 11.9. The first-order valence-corrected chi connectivity index (χ1v) is 8.89. The molecule has 1 aromatic rings. The number of nitrogens with one attached hydrogen (secondary N) is 1. The fourth-order valence-electron chi connectivity index (χ4n) is 2.19. The summed E-state index contributed by atoms with van der Waals surface area (Å²) in [6.07, 6.45) is 3.03. The van der Waals surface area contributed by atoms with Crippen LogP contribution in [0.2, 0.25) is 0 Å². The van der Waals surface area contributed by atoms with Crippen LogP contribution in [0, 0.1) is 0 Å². The molecule has 7 nitrogen and oxygen atoms in total. The fraction of sp³-hybridized carbons (Fsp3) is 0.500. The molecule has 2 aliphatic rings. The van der Waals surface area contributed by atoms with Crippen LogP contribution in [0.4, 0.5) is 0 Å². The molecule has 8 heteroatoms. The Kier molecular flexibility index (Phi) is 3.96. The van der Waals surface area contributed by atoms with E-state index in [0.717, 1.165) is 29.0 Å². The van der Waals surface area contributed by atoms with Crippen LogP contribution in [0.15, 0.2) is 18.2 Å². The van der Waals surface area contributed by atoms with Crippen molar-refractivity contribution in [1.29, 1.82) is 0 Å². The second-order valence-electron chi connectivity index (χ2n) is 5.56. The van der Waals surface area contributed by atoms with Crippen LogP contribution >= 0.6 is 0 Å². The van der Waals surface area contributed by atoms with Crippen LogP contribution in [0.5, 0.6) is 11.5 Å². The van der Waals surface area contributed by atoms with Crippen LogP contribution in [-0.4, -0.2) is 44.3 Å². The summed E-state index contributed by atoms with van der Waals surface area (Å²) in [6.45, 7) is 0.107. The number of carbonyl (C=O) groups excluding carboxylic acids is 1. The van der Waals surface area contributed by atoms with Gasteiger partial charge in [0.05, 0.1) is 12.8 Å². The summed E-state index contributed by atoms with van der Waals surface area (Å²) in [6, 6.07) is 5.45. The highest BCUT2D eigenvalue weighted by atomic mass is 32.2. The average molecular weight is 326 g/mol. The number of rotatable bonds is 6. The Morgan fingerprint density at radius 1 is 1.32 bits per heavy atom. The lowest BCUT2D eigenvalue weighted by Gasteiger charge is -2.19. The van der Waals surface area contributed by atoms with Gasteiger partial charge in [0, 0.05) is 12.6 Å². The van der Waals surface area contributed by atoms with Gasteiger partial charge in [-0.25, -0.2) is 8.42 Å². The van der Waals surface area contributed by atoms with Crippen molar-refractivity contribution in [3.63, 3.8) is 0 Å². The van der Waals surface area contributed by atoms with E-state index in [4.69, 9.17) is 9.47 Å². The highest BCUT2D eigenvalue weighted by Gasteiger charge is 2.27. The topological polar surface area (TPSA) is 84.9 Å². The number of sulfonamides is 1. The molecule has 1 N–H and O–H groups in total. The largest absolute Gasteiger partial charge is 0.454 e. The molecule has 0 atom stereocenters. The van der Waals surface area contributed by atoms with E-state index in [0.29, 0.717) is 11.5 Å². The first kappa shape index (κ1) is 15.1. The third kappa shape index (κ3) is 3.69. The van der Waals surface area contributed by atoms with Gasteiger partial charge in [-0.3, -0.25) is 4.79 Å². The van der Waals surface area contributed by atoms with Crippen molar-refractivity contribution in [2.24, 2.45) is 0 Å². The molecular formula is C14H18N2O5S. The number of ether oxygens (including phenoxy) is 2. The molecule has 0 unspecified atom stereocenters. The van der Waals surface area contributed by atoms with Crippen molar-refractivity contribution in [1.82, 2.24) is 9.62 Å². The zero-order valence-corrected chi connectivity index (χ0v) is 13.1. The van der Waals surface area contributed by atoms with E-state index in [9.17, 15) is 13.2 Å². The van der Waals surface area contributed by atoms with E-state index in [-0.39, 0.29) is 31.8 Å². The Bertz CT molecular complexity index is 684. The summed E-state index contributed by atoms with van der Waals surface area (Å²) in [5.41, 5.74) is 0.744. The minimum absolute atomic E-state index is 0.119. The number of amides is 1. The summed E-state index contributed by atoms with van der Waals surface area (Å²) in [5, 5.41) is 2.79. The van der Waals surface area contributed by atoms with Crippen molar-refractivity contribution in [3.8, 4) is 11.5 Å². The molecule has 22 heavy (non-hydrogen) atoms. The van der Waals surface area contributed by atoms with E-state index in [1.165, 1.54) is 0 Å². The van der Waals surface area contributed by atoms with Gasteiger partial charge in [0.25, 0.3) is 0 Å². The molecular weight excluding hydrogens is 308 g/mol. The molecule has 1 fully saturated rings. The average Bonchev–Trinajstić information content (AvgIpc) is 3.12. The van der Waals surface area contributed by atoms with Crippen LogP contribution in [-0.2, 0) is 21.4 Å². The predicted molar refractivity (Wildman–Crippen MR) is 79.0 cm³/mol. The van der Waals surface area contributed by atoms with Gasteiger partial charge < -0.3 is 14.8 Å². The van der Waals surface area contributed by atoms with E-state index in [1.54, 1.807) is 18.2 Å². The molecule has 1 amide bonds. The first-order valence-electron chi connectivity index (χ1n) is 7.05. The Balaban J connectivity index is 1.70. The number of hydrogen-bond donors (Lipinski definition) is 1. The molecule has 0 radical (unpaired) electrons. The Morgan fingerprint density at radius 3 is 2.73 bits per heavy atom. The van der Waals surface area contributed by atoms with Crippen LogP contribution < -0.4 is 14.8 Å². The second-order valence-corrected chi connectivity index (χ2v) is 7.54. The minimum atomic E-state index is -3.49.